The molecule has 2 aromatic carbocycles. The molecular formula is C17H9ClNO4S2-. The molecule has 1 aliphatic heterocycles. The van der Waals surface area contributed by atoms with Crippen molar-refractivity contribution in [2.45, 2.75) is 0 Å². The lowest BCUT2D eigenvalue weighted by Gasteiger charge is -2.18. The number of aromatic carboxylic acids is 1. The molecule has 1 heterocycles. The van der Waals surface area contributed by atoms with Crippen LogP contribution in [0.4, 0.5) is 5.69 Å². The second-order valence-corrected chi connectivity index (χ2v) is 7.17. The van der Waals surface area contributed by atoms with Crippen molar-refractivity contribution in [1.29, 1.82) is 0 Å². The van der Waals surface area contributed by atoms with Crippen molar-refractivity contribution >= 4 is 63.5 Å². The zero-order valence-corrected chi connectivity index (χ0v) is 14.8. The number of thioether (sulfide) groups is 1. The lowest BCUT2D eigenvalue weighted by atomic mass is 10.1. The number of carboxylic acid groups (broad SMARTS) is 1. The van der Waals surface area contributed by atoms with Gasteiger partial charge in [-0.2, -0.15) is 0 Å². The molecule has 126 valence electrons. The van der Waals surface area contributed by atoms with Gasteiger partial charge < -0.3 is 10.2 Å². The molecule has 2 aromatic rings. The maximum absolute atomic E-state index is 12.6. The van der Waals surface area contributed by atoms with E-state index in [-0.39, 0.29) is 21.5 Å². The molecular weight excluding hydrogens is 382 g/mol. The largest absolute Gasteiger partial charge is 0.872 e. The Hall–Kier alpha value is -2.35. The van der Waals surface area contributed by atoms with Crippen LogP contribution in [0.25, 0.3) is 6.08 Å². The van der Waals surface area contributed by atoms with E-state index in [1.807, 2.05) is 0 Å². The molecule has 5 nitrogen and oxygen atoms in total. The molecule has 1 aliphatic rings. The maximum Gasteiger partial charge on any atom is 0.335 e. The number of anilines is 1. The summed E-state index contributed by atoms with van der Waals surface area (Å²) in [5.41, 5.74) is 0.634. The van der Waals surface area contributed by atoms with Crippen LogP contribution in [0.1, 0.15) is 15.9 Å². The Morgan fingerprint density at radius 1 is 1.28 bits per heavy atom. The van der Waals surface area contributed by atoms with E-state index in [9.17, 15) is 14.7 Å². The number of amides is 1. The van der Waals surface area contributed by atoms with E-state index in [1.165, 1.54) is 17.0 Å². The number of halogens is 1. The Bertz CT molecular complexity index is 942. The van der Waals surface area contributed by atoms with Gasteiger partial charge >= 0.3 is 5.97 Å². The average molecular weight is 391 g/mol. The highest BCUT2D eigenvalue weighted by Crippen LogP contribution is 2.37. The van der Waals surface area contributed by atoms with Crippen LogP contribution >= 0.6 is 35.6 Å². The van der Waals surface area contributed by atoms with Crippen molar-refractivity contribution in [3.8, 4) is 5.75 Å². The fourth-order valence-corrected chi connectivity index (χ4v) is 3.76. The molecule has 0 saturated carbocycles. The van der Waals surface area contributed by atoms with E-state index < -0.39 is 11.7 Å². The molecule has 0 radical (unpaired) electrons. The minimum Gasteiger partial charge on any atom is -0.872 e. The number of nitrogens with zero attached hydrogens (tertiary/aromatic N) is 1. The molecule has 25 heavy (non-hydrogen) atoms. The van der Waals surface area contributed by atoms with E-state index in [2.05, 4.69) is 0 Å². The molecule has 1 saturated heterocycles. The number of hydrogen-bond donors (Lipinski definition) is 1. The van der Waals surface area contributed by atoms with Gasteiger partial charge in [0.25, 0.3) is 5.91 Å². The Balaban J connectivity index is 1.94. The number of carbonyl (C=O) groups excluding carboxylic acids is 1. The van der Waals surface area contributed by atoms with Crippen LogP contribution in [-0.4, -0.2) is 21.3 Å². The smallest absolute Gasteiger partial charge is 0.335 e. The molecule has 1 amide bonds. The molecule has 0 aliphatic carbocycles. The summed E-state index contributed by atoms with van der Waals surface area (Å²) in [4.78, 5) is 25.2. The third-order valence-electron chi connectivity index (χ3n) is 3.39. The lowest BCUT2D eigenvalue weighted by Crippen LogP contribution is -2.27. The fourth-order valence-electron chi connectivity index (χ4n) is 2.26. The number of benzene rings is 2. The van der Waals surface area contributed by atoms with Crippen LogP contribution in [0.2, 0.25) is 5.02 Å². The quantitative estimate of drug-likeness (QED) is 0.638. The van der Waals surface area contributed by atoms with Crippen LogP contribution < -0.4 is 10.0 Å². The van der Waals surface area contributed by atoms with Gasteiger partial charge in [0.05, 0.1) is 16.2 Å². The van der Waals surface area contributed by atoms with E-state index in [0.29, 0.717) is 9.93 Å². The van der Waals surface area contributed by atoms with Gasteiger partial charge in [-0.05, 0) is 42.0 Å². The van der Waals surface area contributed by atoms with Gasteiger partial charge in [0.15, 0.2) is 4.32 Å². The second-order valence-electron chi connectivity index (χ2n) is 5.06. The van der Waals surface area contributed by atoms with Crippen molar-refractivity contribution in [2.75, 3.05) is 4.90 Å². The van der Waals surface area contributed by atoms with Gasteiger partial charge in [-0.15, -0.1) is 0 Å². The molecule has 1 fully saturated rings. The molecule has 0 unspecified atom stereocenters. The van der Waals surface area contributed by atoms with Crippen molar-refractivity contribution in [3.63, 3.8) is 0 Å². The van der Waals surface area contributed by atoms with Gasteiger partial charge in [-0.25, -0.2) is 4.79 Å². The Morgan fingerprint density at radius 2 is 2.04 bits per heavy atom. The van der Waals surface area contributed by atoms with Gasteiger partial charge in [-0.3, -0.25) is 9.69 Å². The third kappa shape index (κ3) is 3.53. The van der Waals surface area contributed by atoms with Gasteiger partial charge in [0.2, 0.25) is 0 Å². The van der Waals surface area contributed by atoms with E-state index in [1.54, 1.807) is 30.3 Å². The van der Waals surface area contributed by atoms with Crippen LogP contribution in [0.3, 0.4) is 0 Å². The highest BCUT2D eigenvalue weighted by atomic mass is 35.5. The summed E-state index contributed by atoms with van der Waals surface area (Å²) in [5.74, 6) is -2.38. The van der Waals surface area contributed by atoms with E-state index >= 15 is 0 Å². The summed E-state index contributed by atoms with van der Waals surface area (Å²) < 4.78 is 0.265. The third-order valence-corrected chi connectivity index (χ3v) is 4.93. The predicted octanol–water partition coefficient (Wildman–Crippen LogP) is 3.52. The molecule has 0 atom stereocenters. The molecule has 0 bridgehead atoms. The number of carbonyl (C=O) groups is 2. The van der Waals surface area contributed by atoms with Crippen molar-refractivity contribution in [3.05, 3.63) is 63.5 Å². The summed E-state index contributed by atoms with van der Waals surface area (Å²) in [6.45, 7) is 0. The van der Waals surface area contributed by atoms with Crippen LogP contribution in [0.5, 0.6) is 5.75 Å². The topological polar surface area (TPSA) is 80.7 Å². The predicted molar refractivity (Wildman–Crippen MR) is 100.0 cm³/mol. The zero-order valence-electron chi connectivity index (χ0n) is 12.4. The average Bonchev–Trinajstić information content (AvgIpc) is 2.81. The van der Waals surface area contributed by atoms with Gasteiger partial charge in [-0.1, -0.05) is 53.5 Å². The summed E-state index contributed by atoms with van der Waals surface area (Å²) in [6.07, 6.45) is 1.66. The molecule has 8 heteroatoms. The molecule has 0 aromatic heterocycles. The Morgan fingerprint density at radius 3 is 2.68 bits per heavy atom. The molecule has 3 rings (SSSR count). The second kappa shape index (κ2) is 6.87. The van der Waals surface area contributed by atoms with Crippen molar-refractivity contribution in [1.82, 2.24) is 0 Å². The summed E-state index contributed by atoms with van der Waals surface area (Å²) >= 11 is 12.3. The van der Waals surface area contributed by atoms with E-state index in [4.69, 9.17) is 28.9 Å². The molecule has 0 spiro atoms. The first-order valence-electron chi connectivity index (χ1n) is 6.94. The first kappa shape index (κ1) is 17.5. The van der Waals surface area contributed by atoms with Crippen LogP contribution in [-0.2, 0) is 4.79 Å². The maximum atomic E-state index is 12.6. The summed E-state index contributed by atoms with van der Waals surface area (Å²) in [6, 6.07) is 10.7. The minimum absolute atomic E-state index is 0.243. The Labute approximate surface area is 157 Å². The minimum atomic E-state index is -1.32. The van der Waals surface area contributed by atoms with Gasteiger partial charge in [0, 0.05) is 5.02 Å². The first-order chi connectivity index (χ1) is 11.9. The molecule has 1 N–H and O–H groups in total. The number of thiocarbonyl (C=S) groups is 1. The monoisotopic (exact) mass is 390 g/mol. The number of carboxylic acids is 1. The summed E-state index contributed by atoms with van der Waals surface area (Å²) in [5, 5.41) is 21.3. The number of hydrogen-bond acceptors (Lipinski definition) is 5. The highest BCUT2D eigenvalue weighted by molar-refractivity contribution is 8.27. The van der Waals surface area contributed by atoms with E-state index in [0.717, 1.165) is 23.4 Å². The standard InChI is InChI=1S/C17H10ClNO4S2/c18-10-3-1-2-9(6-10)7-14-15(21)19(17(24)25-14)11-4-5-12(16(22)23)13(20)8-11/h1-8,20H,(H,22,23)/p-1/b14-7-. The van der Waals surface area contributed by atoms with Crippen molar-refractivity contribution < 1.29 is 19.8 Å². The van der Waals surface area contributed by atoms with Crippen LogP contribution in [0, 0.1) is 0 Å². The SMILES string of the molecule is O=C(O)c1ccc(N2C(=O)/C(=C/c3cccc(Cl)c3)SC2=S)cc1[O-]. The summed E-state index contributed by atoms with van der Waals surface area (Å²) in [7, 11) is 0. The fraction of sp³-hybridized carbons (Fsp3) is 0. The number of rotatable bonds is 3. The lowest BCUT2D eigenvalue weighted by molar-refractivity contribution is -0.268. The van der Waals surface area contributed by atoms with Crippen molar-refractivity contribution in [2.24, 2.45) is 0 Å². The first-order valence-corrected chi connectivity index (χ1v) is 8.55. The zero-order chi connectivity index (χ0) is 18.1. The van der Waals surface area contributed by atoms with Gasteiger partial charge in [0.1, 0.15) is 0 Å². The van der Waals surface area contributed by atoms with Crippen LogP contribution in [0.15, 0.2) is 47.4 Å². The Kier molecular flexibility index (Phi) is 4.80. The normalized spacial score (nSPS) is 15.9. The highest BCUT2D eigenvalue weighted by Gasteiger charge is 2.33.